The Morgan fingerprint density at radius 1 is 1.03 bits per heavy atom. The average Bonchev–Trinajstić information content (AvgIpc) is 3.44. The molecular formula is C20H20N4O4S2. The van der Waals surface area contributed by atoms with Crippen LogP contribution in [0.25, 0.3) is 11.3 Å². The van der Waals surface area contributed by atoms with Gasteiger partial charge in [-0.25, -0.2) is 9.97 Å². The van der Waals surface area contributed by atoms with Crippen molar-refractivity contribution in [3.8, 4) is 22.8 Å². The second-order valence-electron chi connectivity index (χ2n) is 6.87. The van der Waals surface area contributed by atoms with E-state index >= 15 is 0 Å². The molecule has 1 fully saturated rings. The molecule has 1 N–H and O–H groups in total. The molecule has 1 amide bonds. The molecule has 10 heteroatoms. The van der Waals surface area contributed by atoms with Crippen molar-refractivity contribution in [3.63, 3.8) is 0 Å². The Kier molecular flexibility index (Phi) is 5.63. The zero-order chi connectivity index (χ0) is 20.3. The van der Waals surface area contributed by atoms with Crippen LogP contribution < -0.4 is 14.8 Å². The molecule has 1 saturated heterocycles. The van der Waals surface area contributed by atoms with E-state index < -0.39 is 0 Å². The van der Waals surface area contributed by atoms with Gasteiger partial charge in [-0.15, -0.1) is 22.7 Å². The number of rotatable bonds is 5. The largest absolute Gasteiger partial charge is 0.486 e. The Morgan fingerprint density at radius 3 is 2.73 bits per heavy atom. The first kappa shape index (κ1) is 19.4. The lowest BCUT2D eigenvalue weighted by molar-refractivity contribution is 0.0341. The van der Waals surface area contributed by atoms with Gasteiger partial charge in [0, 0.05) is 29.4 Å². The monoisotopic (exact) mass is 444 g/mol. The van der Waals surface area contributed by atoms with Crippen LogP contribution >= 0.6 is 22.7 Å². The van der Waals surface area contributed by atoms with Crippen LogP contribution in [-0.4, -0.2) is 60.3 Å². The van der Waals surface area contributed by atoms with Crippen LogP contribution in [0.1, 0.15) is 15.5 Å². The van der Waals surface area contributed by atoms with Gasteiger partial charge in [0.05, 0.1) is 25.5 Å². The number of ether oxygens (including phenoxy) is 3. The lowest BCUT2D eigenvalue weighted by Crippen LogP contribution is -2.35. The number of aromatic nitrogens is 2. The molecule has 30 heavy (non-hydrogen) atoms. The molecule has 0 spiro atoms. The van der Waals surface area contributed by atoms with E-state index in [2.05, 4.69) is 20.2 Å². The minimum Gasteiger partial charge on any atom is -0.486 e. The summed E-state index contributed by atoms with van der Waals surface area (Å²) in [4.78, 5) is 23.9. The Bertz CT molecular complexity index is 1050. The molecule has 4 heterocycles. The fourth-order valence-electron chi connectivity index (χ4n) is 3.27. The van der Waals surface area contributed by atoms with Gasteiger partial charge in [0.25, 0.3) is 5.91 Å². The van der Waals surface area contributed by atoms with Crippen LogP contribution in [0.5, 0.6) is 11.5 Å². The quantitative estimate of drug-likeness (QED) is 0.647. The van der Waals surface area contributed by atoms with Crippen molar-refractivity contribution in [2.24, 2.45) is 0 Å². The summed E-state index contributed by atoms with van der Waals surface area (Å²) in [5, 5.41) is 8.02. The standard InChI is InChI=1S/C20H20N4O4S2/c25-19(15-12-29-18(21-15)10-24-3-5-26-6-4-24)23-20-22-14(11-30-20)13-1-2-16-17(9-13)28-8-7-27-16/h1-2,9,11-12H,3-8,10H2,(H,22,23,25). The highest BCUT2D eigenvalue weighted by atomic mass is 32.1. The van der Waals surface area contributed by atoms with Crippen molar-refractivity contribution in [3.05, 3.63) is 39.7 Å². The molecule has 5 rings (SSSR count). The van der Waals surface area contributed by atoms with E-state index in [-0.39, 0.29) is 5.91 Å². The van der Waals surface area contributed by atoms with E-state index in [0.717, 1.165) is 54.9 Å². The number of morpholine rings is 1. The highest BCUT2D eigenvalue weighted by Crippen LogP contribution is 2.35. The summed E-state index contributed by atoms with van der Waals surface area (Å²) in [6.45, 7) is 5.11. The Hall–Kier alpha value is -2.53. The molecule has 1 aromatic carbocycles. The highest BCUT2D eigenvalue weighted by Gasteiger charge is 2.17. The van der Waals surface area contributed by atoms with Gasteiger partial charge in [-0.1, -0.05) is 0 Å². The Balaban J connectivity index is 1.23. The molecule has 0 aliphatic carbocycles. The van der Waals surface area contributed by atoms with Crippen molar-refractivity contribution in [2.45, 2.75) is 6.54 Å². The van der Waals surface area contributed by atoms with Gasteiger partial charge < -0.3 is 14.2 Å². The number of carbonyl (C=O) groups is 1. The number of anilines is 1. The third-order valence-electron chi connectivity index (χ3n) is 4.81. The third kappa shape index (κ3) is 4.31. The fourth-order valence-corrected chi connectivity index (χ4v) is 4.80. The third-order valence-corrected chi connectivity index (χ3v) is 6.40. The lowest BCUT2D eigenvalue weighted by atomic mass is 10.1. The molecular weight excluding hydrogens is 424 g/mol. The molecule has 8 nitrogen and oxygen atoms in total. The minimum absolute atomic E-state index is 0.248. The first-order valence-electron chi connectivity index (χ1n) is 9.66. The highest BCUT2D eigenvalue weighted by molar-refractivity contribution is 7.14. The summed E-state index contributed by atoms with van der Waals surface area (Å²) in [5.41, 5.74) is 2.11. The number of amides is 1. The van der Waals surface area contributed by atoms with Gasteiger partial charge in [-0.2, -0.15) is 0 Å². The molecule has 0 unspecified atom stereocenters. The van der Waals surface area contributed by atoms with E-state index in [1.807, 2.05) is 23.6 Å². The summed E-state index contributed by atoms with van der Waals surface area (Å²) in [6.07, 6.45) is 0. The normalized spacial score (nSPS) is 16.4. The van der Waals surface area contributed by atoms with Gasteiger partial charge in [0.15, 0.2) is 16.6 Å². The number of fused-ring (bicyclic) bond motifs is 1. The predicted octanol–water partition coefficient (Wildman–Crippen LogP) is 3.12. The van der Waals surface area contributed by atoms with Crippen molar-refractivity contribution in [2.75, 3.05) is 44.8 Å². The maximum absolute atomic E-state index is 12.6. The number of benzene rings is 1. The number of nitrogens with one attached hydrogen (secondary N) is 1. The van der Waals surface area contributed by atoms with E-state index in [1.54, 1.807) is 5.38 Å². The molecule has 2 aliphatic rings. The SMILES string of the molecule is O=C(Nc1nc(-c2ccc3c(c2)OCCO3)cs1)c1csc(CN2CCOCC2)n1. The first-order chi connectivity index (χ1) is 14.7. The Labute approximate surface area is 181 Å². The maximum atomic E-state index is 12.6. The maximum Gasteiger partial charge on any atom is 0.276 e. The van der Waals surface area contributed by atoms with E-state index in [9.17, 15) is 4.79 Å². The second kappa shape index (κ2) is 8.68. The van der Waals surface area contributed by atoms with Crippen LogP contribution in [0.3, 0.4) is 0 Å². The zero-order valence-corrected chi connectivity index (χ0v) is 17.8. The van der Waals surface area contributed by atoms with E-state index in [1.165, 1.54) is 22.7 Å². The van der Waals surface area contributed by atoms with Gasteiger partial charge in [-0.05, 0) is 18.2 Å². The molecule has 0 radical (unpaired) electrons. The number of hydrogen-bond donors (Lipinski definition) is 1. The summed E-state index contributed by atoms with van der Waals surface area (Å²) in [6, 6.07) is 5.73. The molecule has 0 atom stereocenters. The second-order valence-corrected chi connectivity index (χ2v) is 8.67. The molecule has 156 valence electrons. The van der Waals surface area contributed by atoms with Crippen molar-refractivity contribution < 1.29 is 19.0 Å². The number of hydrogen-bond acceptors (Lipinski definition) is 9. The predicted molar refractivity (Wildman–Crippen MR) is 115 cm³/mol. The van der Waals surface area contributed by atoms with Crippen molar-refractivity contribution >= 4 is 33.7 Å². The van der Waals surface area contributed by atoms with E-state index in [0.29, 0.717) is 29.8 Å². The number of thiazole rings is 2. The van der Waals surface area contributed by atoms with Crippen LogP contribution in [0.4, 0.5) is 5.13 Å². The van der Waals surface area contributed by atoms with Gasteiger partial charge in [-0.3, -0.25) is 15.0 Å². The molecule has 2 aromatic heterocycles. The van der Waals surface area contributed by atoms with Crippen LogP contribution in [0.2, 0.25) is 0 Å². The summed E-state index contributed by atoms with van der Waals surface area (Å²) < 4.78 is 16.6. The topological polar surface area (TPSA) is 85.8 Å². The summed E-state index contributed by atoms with van der Waals surface area (Å²) in [5.74, 6) is 1.21. The molecule has 0 saturated carbocycles. The smallest absolute Gasteiger partial charge is 0.276 e. The average molecular weight is 445 g/mol. The number of nitrogens with zero attached hydrogens (tertiary/aromatic N) is 3. The molecule has 0 bridgehead atoms. The van der Waals surface area contributed by atoms with Gasteiger partial charge in [0.1, 0.15) is 23.9 Å². The van der Waals surface area contributed by atoms with Gasteiger partial charge in [0.2, 0.25) is 0 Å². The summed E-state index contributed by atoms with van der Waals surface area (Å²) in [7, 11) is 0. The van der Waals surface area contributed by atoms with E-state index in [4.69, 9.17) is 14.2 Å². The lowest BCUT2D eigenvalue weighted by Gasteiger charge is -2.25. The zero-order valence-electron chi connectivity index (χ0n) is 16.1. The number of carbonyl (C=O) groups excluding carboxylic acids is 1. The first-order valence-corrected chi connectivity index (χ1v) is 11.4. The molecule has 3 aromatic rings. The molecule has 2 aliphatic heterocycles. The van der Waals surface area contributed by atoms with Crippen molar-refractivity contribution in [1.82, 2.24) is 14.9 Å². The fraction of sp³-hybridized carbons (Fsp3) is 0.350. The Morgan fingerprint density at radius 2 is 1.87 bits per heavy atom. The van der Waals surface area contributed by atoms with Crippen molar-refractivity contribution in [1.29, 1.82) is 0 Å². The van der Waals surface area contributed by atoms with Gasteiger partial charge >= 0.3 is 0 Å². The van der Waals surface area contributed by atoms with Crippen LogP contribution in [0.15, 0.2) is 29.0 Å². The summed E-state index contributed by atoms with van der Waals surface area (Å²) >= 11 is 2.88. The van der Waals surface area contributed by atoms with Crippen LogP contribution in [-0.2, 0) is 11.3 Å². The minimum atomic E-state index is -0.248. The van der Waals surface area contributed by atoms with Crippen LogP contribution in [0, 0.1) is 0 Å².